The van der Waals surface area contributed by atoms with Crippen LogP contribution in [0.3, 0.4) is 0 Å². The lowest BCUT2D eigenvalue weighted by atomic mass is 10.3. The zero-order chi connectivity index (χ0) is 14.5. The number of hydrogen-bond donors (Lipinski definition) is 2. The maximum Gasteiger partial charge on any atom is 0.275 e. The third-order valence-corrected chi connectivity index (χ3v) is 3.60. The second-order valence-electron chi connectivity index (χ2n) is 5.19. The van der Waals surface area contributed by atoms with Crippen LogP contribution in [-0.2, 0) is 11.3 Å². The van der Waals surface area contributed by atoms with Gasteiger partial charge >= 0.3 is 0 Å². The van der Waals surface area contributed by atoms with Crippen molar-refractivity contribution >= 4 is 17.2 Å². The van der Waals surface area contributed by atoms with Crippen molar-refractivity contribution in [2.45, 2.75) is 26.4 Å². The summed E-state index contributed by atoms with van der Waals surface area (Å²) in [6.07, 6.45) is 0. The smallest absolute Gasteiger partial charge is 0.275 e. The Balaban J connectivity index is 1.89. The van der Waals surface area contributed by atoms with Gasteiger partial charge in [0.2, 0.25) is 0 Å². The highest BCUT2D eigenvalue weighted by Gasteiger charge is 2.14. The van der Waals surface area contributed by atoms with Crippen LogP contribution in [-0.4, -0.2) is 30.7 Å². The van der Waals surface area contributed by atoms with Crippen LogP contribution in [0.15, 0.2) is 28.1 Å². The van der Waals surface area contributed by atoms with Crippen LogP contribution >= 0.6 is 11.3 Å². The molecule has 2 N–H and O–H groups in total. The van der Waals surface area contributed by atoms with E-state index in [0.717, 1.165) is 21.2 Å². The van der Waals surface area contributed by atoms with Gasteiger partial charge in [0.05, 0.1) is 11.9 Å². The Morgan fingerprint density at radius 2 is 2.35 bits per heavy atom. The second-order valence-corrected chi connectivity index (χ2v) is 6.14. The van der Waals surface area contributed by atoms with E-state index in [9.17, 15) is 4.79 Å². The highest BCUT2D eigenvalue weighted by molar-refractivity contribution is 7.13. The van der Waals surface area contributed by atoms with E-state index >= 15 is 0 Å². The van der Waals surface area contributed by atoms with Gasteiger partial charge in [-0.05, 0) is 25.3 Å². The molecule has 2 rings (SSSR count). The van der Waals surface area contributed by atoms with Crippen LogP contribution in [0.25, 0.3) is 10.6 Å². The molecule has 6 heteroatoms. The van der Waals surface area contributed by atoms with Crippen molar-refractivity contribution in [1.82, 2.24) is 10.5 Å². The summed E-state index contributed by atoms with van der Waals surface area (Å²) in [6, 6.07) is 6.10. The lowest BCUT2D eigenvalue weighted by Crippen LogP contribution is -3.09. The van der Waals surface area contributed by atoms with Crippen LogP contribution in [0.2, 0.25) is 0 Å². The van der Waals surface area contributed by atoms with Crippen molar-refractivity contribution in [3.8, 4) is 10.6 Å². The van der Waals surface area contributed by atoms with Crippen molar-refractivity contribution in [2.75, 3.05) is 13.6 Å². The van der Waals surface area contributed by atoms with E-state index in [1.165, 1.54) is 0 Å². The summed E-state index contributed by atoms with van der Waals surface area (Å²) in [5.41, 5.74) is 0.864. The molecule has 2 heterocycles. The molecule has 0 aliphatic heterocycles. The van der Waals surface area contributed by atoms with Crippen LogP contribution < -0.4 is 10.2 Å². The molecular weight excluding hydrogens is 274 g/mol. The first kappa shape index (κ1) is 14.7. The molecule has 0 spiro atoms. The van der Waals surface area contributed by atoms with Gasteiger partial charge in [-0.25, -0.2) is 0 Å². The van der Waals surface area contributed by atoms with Gasteiger partial charge in [0.15, 0.2) is 12.3 Å². The highest BCUT2D eigenvalue weighted by Crippen LogP contribution is 2.24. The average Bonchev–Trinajstić information content (AvgIpc) is 2.96. The molecule has 0 bridgehead atoms. The summed E-state index contributed by atoms with van der Waals surface area (Å²) in [4.78, 5) is 13.8. The molecule has 0 aromatic carbocycles. The number of amides is 1. The van der Waals surface area contributed by atoms with Gasteiger partial charge in [-0.1, -0.05) is 11.2 Å². The molecule has 1 atom stereocenters. The fourth-order valence-electron chi connectivity index (χ4n) is 1.95. The summed E-state index contributed by atoms with van der Waals surface area (Å²) in [7, 11) is 1.97. The summed E-state index contributed by atoms with van der Waals surface area (Å²) in [5, 5.41) is 8.95. The van der Waals surface area contributed by atoms with Crippen LogP contribution in [0.4, 0.5) is 0 Å². The molecule has 5 nitrogen and oxygen atoms in total. The molecule has 0 fully saturated rings. The van der Waals surface area contributed by atoms with E-state index in [-0.39, 0.29) is 11.9 Å². The largest absolute Gasteiger partial charge is 0.355 e. The number of hydrogen-bond acceptors (Lipinski definition) is 4. The minimum Gasteiger partial charge on any atom is -0.355 e. The van der Waals surface area contributed by atoms with Crippen molar-refractivity contribution < 1.29 is 14.2 Å². The van der Waals surface area contributed by atoms with Crippen LogP contribution in [0.5, 0.6) is 0 Å². The van der Waals surface area contributed by atoms with Gasteiger partial charge in [0.25, 0.3) is 5.91 Å². The van der Waals surface area contributed by atoms with Crippen molar-refractivity contribution in [1.29, 1.82) is 0 Å². The molecular formula is C14H20N3O2S+. The first-order valence-corrected chi connectivity index (χ1v) is 7.52. The number of carbonyl (C=O) groups excluding carboxylic acids is 1. The predicted molar refractivity (Wildman–Crippen MR) is 78.6 cm³/mol. The Morgan fingerprint density at radius 3 is 3.00 bits per heavy atom. The predicted octanol–water partition coefficient (Wildman–Crippen LogP) is 0.942. The molecule has 20 heavy (non-hydrogen) atoms. The van der Waals surface area contributed by atoms with Gasteiger partial charge in [-0.2, -0.15) is 0 Å². The Labute approximate surface area is 122 Å². The molecule has 0 radical (unpaired) electrons. The molecule has 1 amide bonds. The first-order valence-electron chi connectivity index (χ1n) is 6.64. The Bertz CT molecular complexity index is 549. The molecule has 2 aromatic rings. The van der Waals surface area contributed by atoms with Gasteiger partial charge in [-0.3, -0.25) is 4.79 Å². The van der Waals surface area contributed by atoms with Crippen molar-refractivity contribution in [2.24, 2.45) is 0 Å². The topological polar surface area (TPSA) is 59.6 Å². The van der Waals surface area contributed by atoms with E-state index in [4.69, 9.17) is 4.52 Å². The van der Waals surface area contributed by atoms with E-state index in [2.05, 4.69) is 10.5 Å². The van der Waals surface area contributed by atoms with Gasteiger partial charge in [0, 0.05) is 12.1 Å². The number of nitrogens with zero attached hydrogens (tertiary/aromatic N) is 1. The monoisotopic (exact) mass is 294 g/mol. The average molecular weight is 294 g/mol. The SMILES string of the molecule is CC(C)NC(=O)C[NH+](C)Cc1cc(-c2cccs2)on1. The summed E-state index contributed by atoms with van der Waals surface area (Å²) >= 11 is 1.62. The van der Waals surface area contributed by atoms with E-state index in [0.29, 0.717) is 13.1 Å². The van der Waals surface area contributed by atoms with E-state index < -0.39 is 0 Å². The Hall–Kier alpha value is -1.66. The zero-order valence-corrected chi connectivity index (χ0v) is 12.8. The maximum atomic E-state index is 11.7. The fourth-order valence-corrected chi connectivity index (χ4v) is 2.62. The van der Waals surface area contributed by atoms with E-state index in [1.54, 1.807) is 11.3 Å². The molecule has 0 aliphatic rings. The third kappa shape index (κ3) is 4.18. The quantitative estimate of drug-likeness (QED) is 0.834. The van der Waals surface area contributed by atoms with Crippen LogP contribution in [0, 0.1) is 0 Å². The molecule has 1 unspecified atom stereocenters. The number of nitrogens with one attached hydrogen (secondary N) is 2. The first-order chi connectivity index (χ1) is 9.54. The Kier molecular flexibility index (Phi) is 4.92. The van der Waals surface area contributed by atoms with Crippen molar-refractivity contribution in [3.63, 3.8) is 0 Å². The molecule has 0 saturated heterocycles. The number of likely N-dealkylation sites (N-methyl/N-ethyl adjacent to an activating group) is 1. The molecule has 0 aliphatic carbocycles. The zero-order valence-electron chi connectivity index (χ0n) is 12.0. The standard InChI is InChI=1S/C14H19N3O2S/c1-10(2)15-14(18)9-17(3)8-11-7-12(19-16-11)13-5-4-6-20-13/h4-7,10H,8-9H2,1-3H3,(H,15,18)/p+1. The lowest BCUT2D eigenvalue weighted by molar-refractivity contribution is -0.885. The number of rotatable bonds is 6. The minimum absolute atomic E-state index is 0.0551. The lowest BCUT2D eigenvalue weighted by Gasteiger charge is -2.13. The molecule has 2 aromatic heterocycles. The second kappa shape index (κ2) is 6.67. The molecule has 108 valence electrons. The van der Waals surface area contributed by atoms with Gasteiger partial charge in [-0.15, -0.1) is 11.3 Å². The third-order valence-electron chi connectivity index (χ3n) is 2.72. The summed E-state index contributed by atoms with van der Waals surface area (Å²) in [6.45, 7) is 5.01. The fraction of sp³-hybridized carbons (Fsp3) is 0.429. The minimum atomic E-state index is 0.0551. The number of thiophene rings is 1. The van der Waals surface area contributed by atoms with Crippen LogP contribution in [0.1, 0.15) is 19.5 Å². The maximum absolute atomic E-state index is 11.7. The number of carbonyl (C=O) groups is 1. The number of aromatic nitrogens is 1. The van der Waals surface area contributed by atoms with Gasteiger partial charge in [0.1, 0.15) is 12.2 Å². The summed E-state index contributed by atoms with van der Waals surface area (Å²) in [5.74, 6) is 0.842. The normalized spacial score (nSPS) is 12.6. The van der Waals surface area contributed by atoms with Crippen molar-refractivity contribution in [3.05, 3.63) is 29.3 Å². The van der Waals surface area contributed by atoms with E-state index in [1.807, 2.05) is 44.5 Å². The Morgan fingerprint density at radius 1 is 1.55 bits per heavy atom. The van der Waals surface area contributed by atoms with Gasteiger partial charge < -0.3 is 14.7 Å². The number of quaternary nitrogens is 1. The molecule has 0 saturated carbocycles. The highest BCUT2D eigenvalue weighted by atomic mass is 32.1. The summed E-state index contributed by atoms with van der Waals surface area (Å²) < 4.78 is 5.33.